The van der Waals surface area contributed by atoms with Gasteiger partial charge in [0.25, 0.3) is 0 Å². The third kappa shape index (κ3) is 2.84. The number of para-hydroxylation sites is 1. The van der Waals surface area contributed by atoms with E-state index in [0.29, 0.717) is 17.0 Å². The van der Waals surface area contributed by atoms with E-state index in [9.17, 15) is 9.90 Å². The van der Waals surface area contributed by atoms with Crippen molar-refractivity contribution in [3.8, 4) is 6.07 Å². The highest BCUT2D eigenvalue weighted by Crippen LogP contribution is 2.25. The van der Waals surface area contributed by atoms with Crippen molar-refractivity contribution >= 4 is 11.6 Å². The maximum atomic E-state index is 12.0. The number of benzene rings is 1. The van der Waals surface area contributed by atoms with Crippen LogP contribution in [0.5, 0.6) is 0 Å². The van der Waals surface area contributed by atoms with E-state index >= 15 is 0 Å². The molecule has 1 amide bonds. The average molecular weight is 271 g/mol. The van der Waals surface area contributed by atoms with E-state index in [1.165, 1.54) is 6.20 Å². The fourth-order valence-electron chi connectivity index (χ4n) is 1.78. The van der Waals surface area contributed by atoms with Crippen LogP contribution in [0.2, 0.25) is 0 Å². The van der Waals surface area contributed by atoms with Crippen LogP contribution in [-0.2, 0) is 4.79 Å². The Kier molecular flexibility index (Phi) is 4.13. The molecule has 2 N–H and O–H groups in total. The van der Waals surface area contributed by atoms with E-state index in [0.717, 1.165) is 0 Å². The zero-order valence-corrected chi connectivity index (χ0v) is 10.8. The number of aromatic nitrogens is 1. The smallest absolute Gasteiger partial charge is 0.244 e. The molecule has 0 aliphatic heterocycles. The van der Waals surface area contributed by atoms with E-state index in [1.54, 1.807) is 37.3 Å². The summed E-state index contributed by atoms with van der Waals surface area (Å²) in [6, 6.07) is 10.5. The number of rotatable bonds is 4. The second kappa shape index (κ2) is 5.99. The standard InChI is InChI=1S/C14H13N3O3/c1-9-12(8-16-20-9)13(18)11(7-15)14(19)17-10-5-3-2-4-6-10/h2-6,8,11,13,18H,1H3,(H,17,19). The number of nitriles is 1. The minimum atomic E-state index is -1.28. The highest BCUT2D eigenvalue weighted by molar-refractivity contribution is 5.94. The molecule has 0 spiro atoms. The molecule has 6 nitrogen and oxygen atoms in total. The number of carbonyl (C=O) groups excluding carboxylic acids is 1. The molecule has 0 aliphatic rings. The van der Waals surface area contributed by atoms with Crippen molar-refractivity contribution in [2.24, 2.45) is 5.92 Å². The SMILES string of the molecule is Cc1oncc1C(O)C(C#N)C(=O)Nc1ccccc1. The molecule has 0 saturated heterocycles. The van der Waals surface area contributed by atoms with Gasteiger partial charge in [0.15, 0.2) is 5.92 Å². The summed E-state index contributed by atoms with van der Waals surface area (Å²) >= 11 is 0. The van der Waals surface area contributed by atoms with E-state index in [4.69, 9.17) is 9.78 Å². The summed E-state index contributed by atoms with van der Waals surface area (Å²) < 4.78 is 4.83. The Morgan fingerprint density at radius 1 is 1.45 bits per heavy atom. The van der Waals surface area contributed by atoms with Crippen LogP contribution in [0.15, 0.2) is 41.1 Å². The van der Waals surface area contributed by atoms with Gasteiger partial charge in [-0.1, -0.05) is 23.4 Å². The zero-order valence-electron chi connectivity index (χ0n) is 10.8. The first-order valence-corrected chi connectivity index (χ1v) is 5.98. The molecule has 0 saturated carbocycles. The molecule has 20 heavy (non-hydrogen) atoms. The van der Waals surface area contributed by atoms with Crippen LogP contribution in [0.25, 0.3) is 0 Å². The Hall–Kier alpha value is -2.65. The summed E-state index contributed by atoms with van der Waals surface area (Å²) in [6.45, 7) is 1.61. The van der Waals surface area contributed by atoms with E-state index in [-0.39, 0.29) is 0 Å². The van der Waals surface area contributed by atoms with Gasteiger partial charge in [0, 0.05) is 11.3 Å². The van der Waals surface area contributed by atoms with Gasteiger partial charge in [-0.15, -0.1) is 0 Å². The lowest BCUT2D eigenvalue weighted by molar-refractivity contribution is -0.121. The van der Waals surface area contributed by atoms with Crippen LogP contribution < -0.4 is 5.32 Å². The van der Waals surface area contributed by atoms with Crippen molar-refractivity contribution < 1.29 is 14.4 Å². The molecule has 1 heterocycles. The minimum absolute atomic E-state index is 0.333. The predicted molar refractivity (Wildman–Crippen MR) is 70.4 cm³/mol. The van der Waals surface area contributed by atoms with E-state index in [2.05, 4.69) is 10.5 Å². The summed E-state index contributed by atoms with van der Waals surface area (Å²) in [5.74, 6) is -1.44. The van der Waals surface area contributed by atoms with Crippen LogP contribution in [-0.4, -0.2) is 16.2 Å². The molecule has 2 atom stereocenters. The molecule has 0 bridgehead atoms. The van der Waals surface area contributed by atoms with Crippen molar-refractivity contribution in [1.29, 1.82) is 5.26 Å². The maximum absolute atomic E-state index is 12.0. The van der Waals surface area contributed by atoms with Gasteiger partial charge in [-0.25, -0.2) is 0 Å². The number of anilines is 1. The molecular weight excluding hydrogens is 258 g/mol. The van der Waals surface area contributed by atoms with E-state index < -0.39 is 17.9 Å². The number of aliphatic hydroxyl groups excluding tert-OH is 1. The van der Waals surface area contributed by atoms with Gasteiger partial charge in [0.05, 0.1) is 12.3 Å². The predicted octanol–water partition coefficient (Wildman–Crippen LogP) is 1.79. The van der Waals surface area contributed by atoms with Gasteiger partial charge >= 0.3 is 0 Å². The van der Waals surface area contributed by atoms with Crippen molar-refractivity contribution in [3.63, 3.8) is 0 Å². The quantitative estimate of drug-likeness (QED) is 0.883. The Labute approximate surface area is 115 Å². The lowest BCUT2D eigenvalue weighted by atomic mass is 9.97. The van der Waals surface area contributed by atoms with Gasteiger partial charge in [-0.3, -0.25) is 4.79 Å². The molecule has 2 aromatic rings. The molecule has 0 radical (unpaired) electrons. The van der Waals surface area contributed by atoms with Crippen LogP contribution >= 0.6 is 0 Å². The highest BCUT2D eigenvalue weighted by atomic mass is 16.5. The average Bonchev–Trinajstić information content (AvgIpc) is 2.86. The first-order chi connectivity index (χ1) is 9.63. The van der Waals surface area contributed by atoms with Crippen LogP contribution in [0.3, 0.4) is 0 Å². The van der Waals surface area contributed by atoms with Crippen LogP contribution in [0, 0.1) is 24.2 Å². The second-order valence-electron chi connectivity index (χ2n) is 4.24. The number of carbonyl (C=O) groups is 1. The van der Waals surface area contributed by atoms with Crippen molar-refractivity contribution in [1.82, 2.24) is 5.16 Å². The normalized spacial score (nSPS) is 13.2. The number of aryl methyl sites for hydroxylation is 1. The Bertz CT molecular complexity index is 631. The van der Waals surface area contributed by atoms with Crippen molar-refractivity contribution in [2.75, 3.05) is 5.32 Å². The summed E-state index contributed by atoms with van der Waals surface area (Å²) in [5.41, 5.74) is 0.895. The molecule has 0 aliphatic carbocycles. The molecule has 0 fully saturated rings. The van der Waals surface area contributed by atoms with Crippen molar-refractivity contribution in [2.45, 2.75) is 13.0 Å². The Morgan fingerprint density at radius 2 is 2.15 bits per heavy atom. The van der Waals surface area contributed by atoms with Gasteiger partial charge in [-0.2, -0.15) is 5.26 Å². The highest BCUT2D eigenvalue weighted by Gasteiger charge is 2.30. The molecule has 2 rings (SSSR count). The number of amides is 1. The molecule has 1 aromatic heterocycles. The number of nitrogens with one attached hydrogen (secondary N) is 1. The first kappa shape index (κ1) is 13.8. The molecule has 6 heteroatoms. The summed E-state index contributed by atoms with van der Waals surface area (Å²) in [6.07, 6.45) is 0.0232. The van der Waals surface area contributed by atoms with Crippen molar-refractivity contribution in [3.05, 3.63) is 47.9 Å². The third-order valence-electron chi connectivity index (χ3n) is 2.89. The molecule has 102 valence electrons. The van der Waals surface area contributed by atoms with Gasteiger partial charge in [0.2, 0.25) is 5.91 Å². The number of nitrogens with zero attached hydrogens (tertiary/aromatic N) is 2. The lowest BCUT2D eigenvalue weighted by Crippen LogP contribution is -2.27. The molecule has 2 unspecified atom stereocenters. The molecule has 1 aromatic carbocycles. The topological polar surface area (TPSA) is 99.2 Å². The maximum Gasteiger partial charge on any atom is 0.244 e. The zero-order chi connectivity index (χ0) is 14.5. The third-order valence-corrected chi connectivity index (χ3v) is 2.89. The summed E-state index contributed by atoms with van der Waals surface area (Å²) in [7, 11) is 0. The minimum Gasteiger partial charge on any atom is -0.386 e. The fraction of sp³-hybridized carbons (Fsp3) is 0.214. The van der Waals surface area contributed by atoms with Gasteiger partial charge < -0.3 is 14.9 Å². The van der Waals surface area contributed by atoms with Crippen LogP contribution in [0.4, 0.5) is 5.69 Å². The summed E-state index contributed by atoms with van der Waals surface area (Å²) in [5, 5.41) is 25.3. The Balaban J connectivity index is 2.14. The number of hydrogen-bond donors (Lipinski definition) is 2. The van der Waals surface area contributed by atoms with Gasteiger partial charge in [0.1, 0.15) is 11.9 Å². The first-order valence-electron chi connectivity index (χ1n) is 5.98. The Morgan fingerprint density at radius 3 is 2.70 bits per heavy atom. The fourth-order valence-corrected chi connectivity index (χ4v) is 1.78. The summed E-state index contributed by atoms with van der Waals surface area (Å²) in [4.78, 5) is 12.0. The number of hydrogen-bond acceptors (Lipinski definition) is 5. The monoisotopic (exact) mass is 271 g/mol. The van der Waals surface area contributed by atoms with E-state index in [1.807, 2.05) is 6.07 Å². The lowest BCUT2D eigenvalue weighted by Gasteiger charge is -2.15. The van der Waals surface area contributed by atoms with Crippen LogP contribution in [0.1, 0.15) is 17.4 Å². The largest absolute Gasteiger partial charge is 0.386 e. The van der Waals surface area contributed by atoms with Gasteiger partial charge in [-0.05, 0) is 19.1 Å². The number of aliphatic hydroxyl groups is 1. The molecular formula is C14H13N3O3. The second-order valence-corrected chi connectivity index (χ2v) is 4.24.